The first kappa shape index (κ1) is 13.6. The zero-order valence-electron chi connectivity index (χ0n) is 11.6. The van der Waals surface area contributed by atoms with Gasteiger partial charge < -0.3 is 10.6 Å². The van der Waals surface area contributed by atoms with E-state index >= 15 is 0 Å². The zero-order valence-corrected chi connectivity index (χ0v) is 11.6. The minimum atomic E-state index is -0.253. The van der Waals surface area contributed by atoms with Crippen molar-refractivity contribution in [1.29, 1.82) is 0 Å². The molecule has 0 aromatic heterocycles. The summed E-state index contributed by atoms with van der Waals surface area (Å²) in [6.45, 7) is 4.34. The summed E-state index contributed by atoms with van der Waals surface area (Å²) in [5.41, 5.74) is 10.3. The molecule has 0 amide bonds. The third kappa shape index (κ3) is 2.76. The van der Waals surface area contributed by atoms with Gasteiger partial charge in [0, 0.05) is 30.5 Å². The van der Waals surface area contributed by atoms with Crippen LogP contribution in [0.5, 0.6) is 0 Å². The van der Waals surface area contributed by atoms with E-state index < -0.39 is 0 Å². The van der Waals surface area contributed by atoms with Crippen LogP contribution in [-0.4, -0.2) is 7.05 Å². The quantitative estimate of drug-likeness (QED) is 0.910. The number of nitrogens with zero attached hydrogens (tertiary/aromatic N) is 1. The molecule has 2 N–H and O–H groups in total. The molecule has 0 unspecified atom stereocenters. The van der Waals surface area contributed by atoms with E-state index in [4.69, 9.17) is 5.73 Å². The molecule has 0 spiro atoms. The van der Waals surface area contributed by atoms with Crippen LogP contribution in [-0.2, 0) is 6.54 Å². The smallest absolute Gasteiger partial charge is 0.129 e. The fraction of sp³-hybridized carbons (Fsp3) is 0.250. The molecule has 0 aliphatic carbocycles. The highest BCUT2D eigenvalue weighted by Crippen LogP contribution is 2.28. The second-order valence-electron chi connectivity index (χ2n) is 4.83. The van der Waals surface area contributed by atoms with Crippen molar-refractivity contribution in [3.05, 3.63) is 58.9 Å². The summed E-state index contributed by atoms with van der Waals surface area (Å²) in [4.78, 5) is 1.98. The molecule has 0 aliphatic heterocycles. The molecule has 2 aromatic rings. The summed E-state index contributed by atoms with van der Waals surface area (Å²) >= 11 is 0. The van der Waals surface area contributed by atoms with Crippen molar-refractivity contribution in [2.45, 2.75) is 20.4 Å². The fourth-order valence-corrected chi connectivity index (χ4v) is 2.23. The third-order valence-corrected chi connectivity index (χ3v) is 3.36. The lowest BCUT2D eigenvalue weighted by Crippen LogP contribution is -2.12. The lowest BCUT2D eigenvalue weighted by Gasteiger charge is -2.22. The number of aryl methyl sites for hydroxylation is 2. The third-order valence-electron chi connectivity index (χ3n) is 3.36. The summed E-state index contributed by atoms with van der Waals surface area (Å²) in [5.74, 6) is -0.253. The average Bonchev–Trinajstić information content (AvgIpc) is 2.38. The maximum Gasteiger partial charge on any atom is 0.129 e. The van der Waals surface area contributed by atoms with Crippen molar-refractivity contribution in [2.75, 3.05) is 11.9 Å². The summed E-state index contributed by atoms with van der Waals surface area (Å²) in [7, 11) is 1.94. The topological polar surface area (TPSA) is 29.3 Å². The highest BCUT2D eigenvalue weighted by Gasteiger charge is 2.09. The molecule has 0 bridgehead atoms. The minimum absolute atomic E-state index is 0.222. The Morgan fingerprint density at radius 3 is 2.42 bits per heavy atom. The monoisotopic (exact) mass is 258 g/mol. The molecule has 2 aromatic carbocycles. The van der Waals surface area contributed by atoms with Gasteiger partial charge in [-0.05, 0) is 37.6 Å². The van der Waals surface area contributed by atoms with Gasteiger partial charge in [-0.3, -0.25) is 0 Å². The number of hydrogen-bond donors (Lipinski definition) is 1. The van der Waals surface area contributed by atoms with E-state index in [-0.39, 0.29) is 12.4 Å². The predicted octanol–water partition coefficient (Wildman–Crippen LogP) is 3.67. The molecule has 0 heterocycles. The van der Waals surface area contributed by atoms with Gasteiger partial charge in [-0.1, -0.05) is 23.8 Å². The molecular formula is C16H19FN2. The maximum atomic E-state index is 13.8. The van der Waals surface area contributed by atoms with E-state index in [1.54, 1.807) is 6.07 Å². The molecule has 0 saturated carbocycles. The molecule has 0 atom stereocenters. The highest BCUT2D eigenvalue weighted by molar-refractivity contribution is 5.66. The van der Waals surface area contributed by atoms with E-state index in [2.05, 4.69) is 32.0 Å². The molecule has 2 nitrogen and oxygen atoms in total. The average molecular weight is 258 g/mol. The van der Waals surface area contributed by atoms with Crippen LogP contribution < -0.4 is 10.6 Å². The second-order valence-corrected chi connectivity index (χ2v) is 4.83. The van der Waals surface area contributed by atoms with E-state index in [1.807, 2.05) is 18.0 Å². The fourth-order valence-electron chi connectivity index (χ4n) is 2.23. The maximum absolute atomic E-state index is 13.8. The zero-order chi connectivity index (χ0) is 14.0. The Balaban J connectivity index is 2.38. The van der Waals surface area contributed by atoms with Crippen molar-refractivity contribution in [2.24, 2.45) is 5.73 Å². The lowest BCUT2D eigenvalue weighted by atomic mass is 10.1. The van der Waals surface area contributed by atoms with Crippen LogP contribution in [0, 0.1) is 19.7 Å². The Bertz CT molecular complexity index is 593. The Hall–Kier alpha value is -1.87. The normalized spacial score (nSPS) is 10.6. The Morgan fingerprint density at radius 1 is 1.11 bits per heavy atom. The van der Waals surface area contributed by atoms with Crippen LogP contribution in [0.15, 0.2) is 36.4 Å². The van der Waals surface area contributed by atoms with Crippen LogP contribution in [0.2, 0.25) is 0 Å². The van der Waals surface area contributed by atoms with E-state index in [9.17, 15) is 4.39 Å². The van der Waals surface area contributed by atoms with Crippen molar-refractivity contribution in [1.82, 2.24) is 0 Å². The van der Waals surface area contributed by atoms with Crippen LogP contribution in [0.25, 0.3) is 0 Å². The first-order valence-electron chi connectivity index (χ1n) is 6.32. The van der Waals surface area contributed by atoms with Crippen molar-refractivity contribution in [3.63, 3.8) is 0 Å². The van der Waals surface area contributed by atoms with Gasteiger partial charge in [0.25, 0.3) is 0 Å². The lowest BCUT2D eigenvalue weighted by molar-refractivity contribution is 0.610. The Kier molecular flexibility index (Phi) is 3.86. The standard InChI is InChI=1S/C16H19FN2/c1-11-4-7-16(12(2)8-11)19(3)14-6-5-13(10-18)15(17)9-14/h4-9H,10,18H2,1-3H3. The van der Waals surface area contributed by atoms with Gasteiger partial charge in [-0.25, -0.2) is 4.39 Å². The van der Waals surface area contributed by atoms with Crippen LogP contribution in [0.4, 0.5) is 15.8 Å². The molecule has 0 fully saturated rings. The van der Waals surface area contributed by atoms with Crippen molar-refractivity contribution in [3.8, 4) is 0 Å². The number of anilines is 2. The molecular weight excluding hydrogens is 239 g/mol. The van der Waals surface area contributed by atoms with Gasteiger partial charge >= 0.3 is 0 Å². The first-order chi connectivity index (χ1) is 9.02. The molecule has 100 valence electrons. The number of hydrogen-bond acceptors (Lipinski definition) is 2. The van der Waals surface area contributed by atoms with E-state index in [1.165, 1.54) is 17.2 Å². The van der Waals surface area contributed by atoms with Crippen LogP contribution in [0.1, 0.15) is 16.7 Å². The Labute approximate surface area is 113 Å². The number of halogens is 1. The van der Waals surface area contributed by atoms with Gasteiger partial charge in [-0.15, -0.1) is 0 Å². The molecule has 2 rings (SSSR count). The van der Waals surface area contributed by atoms with Crippen LogP contribution in [0.3, 0.4) is 0 Å². The number of rotatable bonds is 3. The largest absolute Gasteiger partial charge is 0.344 e. The van der Waals surface area contributed by atoms with Crippen molar-refractivity contribution < 1.29 is 4.39 Å². The van der Waals surface area contributed by atoms with Gasteiger partial charge in [0.2, 0.25) is 0 Å². The number of nitrogens with two attached hydrogens (primary N) is 1. The van der Waals surface area contributed by atoms with Gasteiger partial charge in [0.15, 0.2) is 0 Å². The van der Waals surface area contributed by atoms with Crippen molar-refractivity contribution >= 4 is 11.4 Å². The molecule has 0 aliphatic rings. The van der Waals surface area contributed by atoms with E-state index in [0.29, 0.717) is 5.56 Å². The second kappa shape index (κ2) is 5.41. The predicted molar refractivity (Wildman–Crippen MR) is 78.3 cm³/mol. The molecule has 19 heavy (non-hydrogen) atoms. The summed E-state index contributed by atoms with van der Waals surface area (Å²) < 4.78 is 13.8. The minimum Gasteiger partial charge on any atom is -0.344 e. The Morgan fingerprint density at radius 2 is 1.84 bits per heavy atom. The first-order valence-corrected chi connectivity index (χ1v) is 6.32. The van der Waals surface area contributed by atoms with Gasteiger partial charge in [-0.2, -0.15) is 0 Å². The van der Waals surface area contributed by atoms with Gasteiger partial charge in [0.05, 0.1) is 0 Å². The molecule has 3 heteroatoms. The molecule has 0 radical (unpaired) electrons. The summed E-state index contributed by atoms with van der Waals surface area (Å²) in [6.07, 6.45) is 0. The summed E-state index contributed by atoms with van der Waals surface area (Å²) in [6, 6.07) is 11.4. The SMILES string of the molecule is Cc1ccc(N(C)c2ccc(CN)c(F)c2)c(C)c1. The summed E-state index contributed by atoms with van der Waals surface area (Å²) in [5, 5.41) is 0. The van der Waals surface area contributed by atoms with Gasteiger partial charge in [0.1, 0.15) is 5.82 Å². The highest BCUT2D eigenvalue weighted by atomic mass is 19.1. The number of benzene rings is 2. The van der Waals surface area contributed by atoms with Crippen LogP contribution >= 0.6 is 0 Å². The molecule has 0 saturated heterocycles. The van der Waals surface area contributed by atoms with E-state index in [0.717, 1.165) is 11.4 Å².